The summed E-state index contributed by atoms with van der Waals surface area (Å²) in [5, 5.41) is 10.7. The lowest BCUT2D eigenvalue weighted by atomic mass is 9.94. The SMILES string of the molecule is CCOc1cc(C2C(C(=O)Nc3cccc(C)c3)=C(C)Nc3ncnn32)ccc1OCc1ccc(C)cc1. The van der Waals surface area contributed by atoms with Crippen molar-refractivity contribution in [2.24, 2.45) is 0 Å². The Hall–Kier alpha value is -4.59. The first-order chi connectivity index (χ1) is 18.4. The molecule has 0 radical (unpaired) electrons. The Bertz CT molecular complexity index is 1490. The number of amides is 1. The lowest BCUT2D eigenvalue weighted by Gasteiger charge is -2.29. The van der Waals surface area contributed by atoms with E-state index in [1.54, 1.807) is 4.68 Å². The molecular formula is C30H31N5O3. The van der Waals surface area contributed by atoms with E-state index < -0.39 is 6.04 Å². The molecule has 2 N–H and O–H groups in total. The zero-order valence-electron chi connectivity index (χ0n) is 22.0. The highest BCUT2D eigenvalue weighted by molar-refractivity contribution is 6.06. The van der Waals surface area contributed by atoms with Crippen molar-refractivity contribution in [1.29, 1.82) is 0 Å². The number of aryl methyl sites for hydroxylation is 2. The minimum Gasteiger partial charge on any atom is -0.490 e. The van der Waals surface area contributed by atoms with Crippen molar-refractivity contribution in [3.05, 3.63) is 107 Å². The van der Waals surface area contributed by atoms with Gasteiger partial charge in [-0.2, -0.15) is 10.1 Å². The number of allylic oxidation sites excluding steroid dienone is 1. The van der Waals surface area contributed by atoms with Gasteiger partial charge in [-0.05, 0) is 68.7 Å². The third kappa shape index (κ3) is 5.25. The van der Waals surface area contributed by atoms with E-state index in [4.69, 9.17) is 9.47 Å². The number of ether oxygens (including phenoxy) is 2. The molecule has 4 aromatic rings. The van der Waals surface area contributed by atoms with Crippen LogP contribution in [0.3, 0.4) is 0 Å². The number of hydrogen-bond acceptors (Lipinski definition) is 6. The fraction of sp³-hybridized carbons (Fsp3) is 0.233. The Morgan fingerprint density at radius 1 is 0.974 bits per heavy atom. The summed E-state index contributed by atoms with van der Waals surface area (Å²) in [4.78, 5) is 18.0. The molecule has 1 amide bonds. The Labute approximate surface area is 222 Å². The van der Waals surface area contributed by atoms with E-state index in [-0.39, 0.29) is 5.91 Å². The van der Waals surface area contributed by atoms with Crippen molar-refractivity contribution in [1.82, 2.24) is 14.8 Å². The summed E-state index contributed by atoms with van der Waals surface area (Å²) in [6, 6.07) is 21.2. The number of benzene rings is 3. The van der Waals surface area contributed by atoms with Crippen LogP contribution in [0.5, 0.6) is 11.5 Å². The summed E-state index contributed by atoms with van der Waals surface area (Å²) in [6.45, 7) is 8.75. The van der Waals surface area contributed by atoms with E-state index in [0.29, 0.717) is 41.9 Å². The fourth-order valence-electron chi connectivity index (χ4n) is 4.54. The molecule has 1 unspecified atom stereocenters. The Morgan fingerprint density at radius 2 is 1.79 bits per heavy atom. The van der Waals surface area contributed by atoms with Gasteiger partial charge >= 0.3 is 0 Å². The van der Waals surface area contributed by atoms with Gasteiger partial charge in [0.1, 0.15) is 19.0 Å². The molecule has 38 heavy (non-hydrogen) atoms. The number of nitrogens with one attached hydrogen (secondary N) is 2. The minimum atomic E-state index is -0.510. The molecule has 0 saturated carbocycles. The molecule has 8 heteroatoms. The molecule has 1 aliphatic heterocycles. The number of fused-ring (bicyclic) bond motifs is 1. The third-order valence-corrected chi connectivity index (χ3v) is 6.41. The summed E-state index contributed by atoms with van der Waals surface area (Å²) < 4.78 is 13.8. The summed E-state index contributed by atoms with van der Waals surface area (Å²) in [5.41, 5.74) is 6.15. The van der Waals surface area contributed by atoms with Crippen LogP contribution in [0.1, 0.15) is 42.1 Å². The van der Waals surface area contributed by atoms with Gasteiger partial charge in [0.25, 0.3) is 5.91 Å². The van der Waals surface area contributed by atoms with E-state index in [1.165, 1.54) is 11.9 Å². The van der Waals surface area contributed by atoms with Gasteiger partial charge < -0.3 is 20.1 Å². The average Bonchev–Trinajstić information content (AvgIpc) is 3.36. The van der Waals surface area contributed by atoms with Gasteiger partial charge in [-0.25, -0.2) is 4.68 Å². The monoisotopic (exact) mass is 509 g/mol. The van der Waals surface area contributed by atoms with Crippen LogP contribution in [-0.4, -0.2) is 27.3 Å². The quantitative estimate of drug-likeness (QED) is 0.312. The van der Waals surface area contributed by atoms with Crippen LogP contribution < -0.4 is 20.1 Å². The van der Waals surface area contributed by atoms with E-state index in [9.17, 15) is 4.79 Å². The third-order valence-electron chi connectivity index (χ3n) is 6.41. The molecule has 5 rings (SSSR count). The van der Waals surface area contributed by atoms with E-state index >= 15 is 0 Å². The number of anilines is 2. The number of carbonyl (C=O) groups excluding carboxylic acids is 1. The second kappa shape index (κ2) is 10.8. The molecule has 0 bridgehead atoms. The Kier molecular flexibility index (Phi) is 7.13. The second-order valence-corrected chi connectivity index (χ2v) is 9.33. The van der Waals surface area contributed by atoms with Crippen molar-refractivity contribution in [3.63, 3.8) is 0 Å². The number of carbonyl (C=O) groups is 1. The molecule has 3 aromatic carbocycles. The number of hydrogen-bond donors (Lipinski definition) is 2. The average molecular weight is 510 g/mol. The lowest BCUT2D eigenvalue weighted by molar-refractivity contribution is -0.113. The maximum absolute atomic E-state index is 13.6. The van der Waals surface area contributed by atoms with Crippen LogP contribution in [0, 0.1) is 13.8 Å². The Balaban J connectivity index is 1.48. The number of aromatic nitrogens is 3. The lowest BCUT2D eigenvalue weighted by Crippen LogP contribution is -2.31. The molecular weight excluding hydrogens is 478 g/mol. The zero-order chi connectivity index (χ0) is 26.6. The minimum absolute atomic E-state index is 0.218. The number of nitrogens with zero attached hydrogens (tertiary/aromatic N) is 3. The van der Waals surface area contributed by atoms with Crippen molar-refractivity contribution < 1.29 is 14.3 Å². The van der Waals surface area contributed by atoms with Crippen molar-refractivity contribution in [3.8, 4) is 11.5 Å². The van der Waals surface area contributed by atoms with Crippen molar-refractivity contribution >= 4 is 17.5 Å². The van der Waals surface area contributed by atoms with E-state index in [2.05, 4.69) is 51.9 Å². The fourth-order valence-corrected chi connectivity index (χ4v) is 4.54. The first kappa shape index (κ1) is 25.1. The maximum atomic E-state index is 13.6. The molecule has 0 saturated heterocycles. The van der Waals surface area contributed by atoms with Crippen LogP contribution in [-0.2, 0) is 11.4 Å². The molecule has 0 fully saturated rings. The molecule has 1 atom stereocenters. The highest BCUT2D eigenvalue weighted by atomic mass is 16.5. The summed E-state index contributed by atoms with van der Waals surface area (Å²) in [6.07, 6.45) is 1.48. The van der Waals surface area contributed by atoms with Gasteiger partial charge in [-0.15, -0.1) is 0 Å². The standard InChI is InChI=1S/C30H31N5O3/c1-5-37-26-16-23(13-14-25(26)38-17-22-11-9-19(2)10-12-22)28-27(21(4)33-30-31-18-32-35(28)30)29(36)34-24-8-6-7-20(3)15-24/h6-16,18,28H,5,17H2,1-4H3,(H,34,36)(H,31,32,33). The first-order valence-corrected chi connectivity index (χ1v) is 12.6. The van der Waals surface area contributed by atoms with Gasteiger partial charge in [0.2, 0.25) is 5.95 Å². The summed E-state index contributed by atoms with van der Waals surface area (Å²) in [7, 11) is 0. The zero-order valence-corrected chi connectivity index (χ0v) is 22.0. The molecule has 194 valence electrons. The van der Waals surface area contributed by atoms with Gasteiger partial charge in [0, 0.05) is 11.4 Å². The van der Waals surface area contributed by atoms with E-state index in [0.717, 1.165) is 22.4 Å². The molecule has 1 aliphatic rings. The first-order valence-electron chi connectivity index (χ1n) is 12.6. The van der Waals surface area contributed by atoms with Crippen LogP contribution >= 0.6 is 0 Å². The van der Waals surface area contributed by atoms with Gasteiger partial charge in [-0.3, -0.25) is 4.79 Å². The molecule has 8 nitrogen and oxygen atoms in total. The van der Waals surface area contributed by atoms with Crippen LogP contribution in [0.2, 0.25) is 0 Å². The molecule has 0 aliphatic carbocycles. The number of rotatable bonds is 8. The van der Waals surface area contributed by atoms with Crippen LogP contribution in [0.25, 0.3) is 0 Å². The summed E-state index contributed by atoms with van der Waals surface area (Å²) >= 11 is 0. The van der Waals surface area contributed by atoms with Crippen LogP contribution in [0.15, 0.2) is 84.3 Å². The van der Waals surface area contributed by atoms with Gasteiger partial charge in [0.15, 0.2) is 11.5 Å². The highest BCUT2D eigenvalue weighted by Crippen LogP contribution is 2.39. The molecule has 1 aromatic heterocycles. The van der Waals surface area contributed by atoms with Crippen molar-refractivity contribution in [2.75, 3.05) is 17.2 Å². The van der Waals surface area contributed by atoms with Gasteiger partial charge in [0.05, 0.1) is 12.2 Å². The predicted octanol–water partition coefficient (Wildman–Crippen LogP) is 5.80. The largest absolute Gasteiger partial charge is 0.490 e. The normalized spacial score (nSPS) is 14.5. The van der Waals surface area contributed by atoms with Crippen molar-refractivity contribution in [2.45, 2.75) is 40.3 Å². The van der Waals surface area contributed by atoms with Crippen LogP contribution in [0.4, 0.5) is 11.6 Å². The van der Waals surface area contributed by atoms with Gasteiger partial charge in [-0.1, -0.05) is 48.0 Å². The summed E-state index contributed by atoms with van der Waals surface area (Å²) in [5.74, 6) is 1.59. The predicted molar refractivity (Wildman–Crippen MR) is 147 cm³/mol. The Morgan fingerprint density at radius 3 is 2.55 bits per heavy atom. The van der Waals surface area contributed by atoms with E-state index in [1.807, 2.05) is 63.2 Å². The molecule has 0 spiro atoms. The second-order valence-electron chi connectivity index (χ2n) is 9.33. The highest BCUT2D eigenvalue weighted by Gasteiger charge is 2.34. The smallest absolute Gasteiger partial charge is 0.255 e. The topological polar surface area (TPSA) is 90.3 Å². The maximum Gasteiger partial charge on any atom is 0.255 e. The molecule has 2 heterocycles.